The quantitative estimate of drug-likeness (QED) is 0.192. The molecule has 272 valence electrons. The average Bonchev–Trinajstić information content (AvgIpc) is 3.12. The Labute approximate surface area is 345 Å². The average molecular weight is 818 g/mol. The summed E-state index contributed by atoms with van der Waals surface area (Å²) in [5, 5.41) is 4.91. The molecule has 4 aromatic carbocycles. The van der Waals surface area contributed by atoms with Crippen molar-refractivity contribution < 1.29 is 58.9 Å². The van der Waals surface area contributed by atoms with Gasteiger partial charge >= 0.3 is 21.7 Å². The minimum absolute atomic E-state index is 0. The van der Waals surface area contributed by atoms with Crippen LogP contribution in [0.15, 0.2) is 54.6 Å². The van der Waals surface area contributed by atoms with Crippen molar-refractivity contribution in [1.82, 2.24) is 0 Å². The fraction of sp³-hybridized carbons (Fsp3) is 0.465. The Kier molecular flexibility index (Phi) is 17.3. The van der Waals surface area contributed by atoms with E-state index in [4.69, 9.17) is 0 Å². The molecule has 0 saturated carbocycles. The Morgan fingerprint density at radius 2 is 0.980 bits per heavy atom. The Balaban J connectivity index is 0.00000600. The summed E-state index contributed by atoms with van der Waals surface area (Å²) in [5.41, 5.74) is 16.6. The Hall–Kier alpha value is -0.755. The molecule has 0 bridgehead atoms. The Bertz CT molecular complexity index is 1680. The van der Waals surface area contributed by atoms with Crippen LogP contribution in [0.2, 0.25) is 39.3 Å². The van der Waals surface area contributed by atoms with E-state index in [2.05, 4.69) is 170 Å². The van der Waals surface area contributed by atoms with Gasteiger partial charge in [0.05, 0.1) is 25.7 Å². The molecule has 0 amide bonds. The van der Waals surface area contributed by atoms with Gasteiger partial charge in [0.15, 0.2) is 0 Å². The molecule has 1 atom stereocenters. The standard InChI is InChI=1S/C43H63Si3.3ClH.Ti/c1-27-18-28(2)20-33(19-27)41(44-36-24-37(45(12,13)14)26-38(25-36)46(15,16)17)40-31(5)29(3)30(4)39(40)32-21-34(42(6,7)8)23-35(22-32)43(9,10)11;;;;/h18-26,41H,44H2,1-17H3;3*1H;/q-1;;;;+4/p-3. The first-order valence-electron chi connectivity index (χ1n) is 17.5. The predicted molar refractivity (Wildman–Crippen MR) is 217 cm³/mol. The molecule has 0 aliphatic carbocycles. The normalized spacial score (nSPS) is 12.9. The van der Waals surface area contributed by atoms with Crippen LogP contribution in [0.1, 0.15) is 97.2 Å². The van der Waals surface area contributed by atoms with E-state index in [-0.39, 0.29) is 69.8 Å². The second-order valence-corrected chi connectivity index (χ2v) is 30.8. The van der Waals surface area contributed by atoms with Crippen LogP contribution in [0.5, 0.6) is 0 Å². The molecule has 0 radical (unpaired) electrons. The van der Waals surface area contributed by atoms with Gasteiger partial charge in [-0.3, -0.25) is 0 Å². The molecule has 0 spiro atoms. The van der Waals surface area contributed by atoms with Crippen molar-refractivity contribution in [2.75, 3.05) is 0 Å². The van der Waals surface area contributed by atoms with Crippen LogP contribution in [-0.2, 0) is 32.5 Å². The largest absolute Gasteiger partial charge is 4.00 e. The van der Waals surface area contributed by atoms with E-state index in [1.54, 1.807) is 21.1 Å². The first kappa shape index (κ1) is 49.2. The molecule has 0 fully saturated rings. The zero-order chi connectivity index (χ0) is 34.7. The minimum Gasteiger partial charge on any atom is -1.00 e. The Morgan fingerprint density at radius 1 is 0.560 bits per heavy atom. The van der Waals surface area contributed by atoms with Crippen molar-refractivity contribution >= 4 is 41.2 Å². The molecule has 0 aromatic heterocycles. The van der Waals surface area contributed by atoms with Gasteiger partial charge in [-0.05, 0) is 30.2 Å². The summed E-state index contributed by atoms with van der Waals surface area (Å²) in [7, 11) is -3.74. The van der Waals surface area contributed by atoms with Crippen LogP contribution < -0.4 is 52.8 Å². The topological polar surface area (TPSA) is 0 Å². The molecule has 0 aliphatic heterocycles. The van der Waals surface area contributed by atoms with Crippen LogP contribution in [0.3, 0.4) is 0 Å². The number of hydrogen-bond acceptors (Lipinski definition) is 0. The summed E-state index contributed by atoms with van der Waals surface area (Å²) in [5.74, 6) is 0. The fourth-order valence-corrected chi connectivity index (χ4v) is 12.3. The molecule has 50 heavy (non-hydrogen) atoms. The van der Waals surface area contributed by atoms with Crippen LogP contribution in [0, 0.1) is 34.6 Å². The molecule has 0 aliphatic rings. The molecule has 4 aromatic rings. The third-order valence-electron chi connectivity index (χ3n) is 10.3. The summed E-state index contributed by atoms with van der Waals surface area (Å²) in [4.78, 5) is 0. The van der Waals surface area contributed by atoms with E-state index in [0.717, 1.165) is 0 Å². The van der Waals surface area contributed by atoms with Gasteiger partial charge in [-0.1, -0.05) is 205 Å². The molecule has 0 N–H and O–H groups in total. The Morgan fingerprint density at radius 3 is 1.36 bits per heavy atom. The molecular formula is C43H63Cl3Si3Ti. The van der Waals surface area contributed by atoms with Gasteiger partial charge in [0, 0.05) is 0 Å². The molecule has 4 rings (SSSR count). The van der Waals surface area contributed by atoms with Gasteiger partial charge in [0.25, 0.3) is 0 Å². The van der Waals surface area contributed by atoms with Crippen molar-refractivity contribution in [3.63, 3.8) is 0 Å². The van der Waals surface area contributed by atoms with E-state index in [1.165, 1.54) is 55.6 Å². The SMILES string of the molecule is Cc1cc(C)cc(C([SiH2]c2cc([Si](C)(C)C)cc([Si](C)(C)C)c2)[c-]2c(C)c(C)c(C)c2-c2cc(C(C)(C)C)cc(C(C)(C)C)c2)c1.[Cl-].[Cl-].[Cl-].[Ti+4]. The number of benzene rings is 3. The zero-order valence-electron chi connectivity index (χ0n) is 34.1. The maximum atomic E-state index is 2.65. The minimum atomic E-state index is -1.49. The van der Waals surface area contributed by atoms with E-state index in [9.17, 15) is 0 Å². The van der Waals surface area contributed by atoms with Crippen molar-refractivity contribution in [2.24, 2.45) is 0 Å². The predicted octanol–water partition coefficient (Wildman–Crippen LogP) is 0.893. The summed E-state index contributed by atoms with van der Waals surface area (Å²) in [6.45, 7) is 41.0. The number of aryl methyl sites for hydroxylation is 2. The van der Waals surface area contributed by atoms with E-state index < -0.39 is 25.7 Å². The maximum absolute atomic E-state index is 2.65. The molecule has 0 nitrogen and oxygen atoms in total. The van der Waals surface area contributed by atoms with Gasteiger partial charge < -0.3 is 37.2 Å². The first-order valence-corrected chi connectivity index (χ1v) is 26.1. The van der Waals surface area contributed by atoms with Crippen LogP contribution in [-0.4, -0.2) is 25.7 Å². The van der Waals surface area contributed by atoms with Gasteiger partial charge in [-0.15, -0.1) is 16.7 Å². The summed E-state index contributed by atoms with van der Waals surface area (Å²) in [6, 6.07) is 22.7. The van der Waals surface area contributed by atoms with Crippen molar-refractivity contribution in [3.05, 3.63) is 105 Å². The van der Waals surface area contributed by atoms with Gasteiger partial charge in [0.2, 0.25) is 0 Å². The monoisotopic (exact) mass is 816 g/mol. The third kappa shape index (κ3) is 11.1. The fourth-order valence-electron chi connectivity index (χ4n) is 7.02. The second-order valence-electron chi connectivity index (χ2n) is 18.6. The number of rotatable bonds is 7. The number of hydrogen-bond donors (Lipinski definition) is 0. The van der Waals surface area contributed by atoms with E-state index in [0.29, 0.717) is 5.54 Å². The molecule has 0 saturated heterocycles. The van der Waals surface area contributed by atoms with Crippen molar-refractivity contribution in [2.45, 2.75) is 132 Å². The van der Waals surface area contributed by atoms with Crippen LogP contribution in [0.4, 0.5) is 0 Å². The summed E-state index contributed by atoms with van der Waals surface area (Å²) in [6.07, 6.45) is 0. The van der Waals surface area contributed by atoms with Crippen molar-refractivity contribution in [1.29, 1.82) is 0 Å². The number of halogens is 3. The molecule has 0 heterocycles. The molecule has 1 unspecified atom stereocenters. The summed E-state index contributed by atoms with van der Waals surface area (Å²) >= 11 is 0. The first-order chi connectivity index (χ1) is 20.9. The van der Waals surface area contributed by atoms with Gasteiger partial charge in [-0.25, -0.2) is 0 Å². The molecular weight excluding hydrogens is 755 g/mol. The van der Waals surface area contributed by atoms with Crippen LogP contribution >= 0.6 is 0 Å². The second kappa shape index (κ2) is 17.6. The van der Waals surface area contributed by atoms with Gasteiger partial charge in [0.1, 0.15) is 0 Å². The molecule has 7 heteroatoms. The zero-order valence-corrected chi connectivity index (χ0v) is 41.4. The summed E-state index contributed by atoms with van der Waals surface area (Å²) < 4.78 is 0. The third-order valence-corrected chi connectivity index (χ3v) is 16.5. The van der Waals surface area contributed by atoms with E-state index in [1.807, 2.05) is 0 Å². The van der Waals surface area contributed by atoms with E-state index >= 15 is 0 Å². The van der Waals surface area contributed by atoms with Crippen molar-refractivity contribution in [3.8, 4) is 11.1 Å². The van der Waals surface area contributed by atoms with Crippen LogP contribution in [0.25, 0.3) is 11.1 Å². The maximum Gasteiger partial charge on any atom is 4.00 e. The van der Waals surface area contributed by atoms with Gasteiger partial charge in [-0.2, -0.15) is 11.1 Å². The smallest absolute Gasteiger partial charge is 1.00 e.